The molecule has 0 spiro atoms. The minimum absolute atomic E-state index is 0. The van der Waals surface area contributed by atoms with Crippen molar-refractivity contribution in [3.8, 4) is 5.75 Å². The van der Waals surface area contributed by atoms with Crippen LogP contribution in [-0.2, 0) is 5.75 Å². The molecule has 0 saturated carbocycles. The third kappa shape index (κ3) is 12.2. The van der Waals surface area contributed by atoms with Crippen molar-refractivity contribution in [2.24, 2.45) is 0 Å². The summed E-state index contributed by atoms with van der Waals surface area (Å²) in [6.45, 7) is 2.25. The summed E-state index contributed by atoms with van der Waals surface area (Å²) < 4.78 is 5.55. The van der Waals surface area contributed by atoms with E-state index in [1.54, 1.807) is 0 Å². The molecule has 1 aromatic heterocycles. The molecule has 0 aliphatic rings. The molecule has 1 aromatic rings. The molecule has 1 rings (SSSR count). The first-order chi connectivity index (χ1) is 14.2. The van der Waals surface area contributed by atoms with E-state index in [0.29, 0.717) is 37.7 Å². The summed E-state index contributed by atoms with van der Waals surface area (Å²) in [5.41, 5.74) is -0.355. The molecule has 0 saturated heterocycles. The van der Waals surface area contributed by atoms with Crippen molar-refractivity contribution >= 4 is 94.7 Å². The van der Waals surface area contributed by atoms with Gasteiger partial charge in [-0.2, -0.15) is 0 Å². The molecular formula is C14H33B12NaO3S. The first-order valence-corrected chi connectivity index (χ1v) is 13.4. The van der Waals surface area contributed by atoms with Gasteiger partial charge in [0.15, 0.2) is 0 Å². The second kappa shape index (κ2) is 17.3. The van der Waals surface area contributed by atoms with Crippen LogP contribution in [0.25, 0.3) is 0 Å². The van der Waals surface area contributed by atoms with Crippen LogP contribution in [0.1, 0.15) is 51.2 Å². The van der Waals surface area contributed by atoms with Crippen molar-refractivity contribution in [3.63, 3.8) is 0 Å². The fourth-order valence-electron chi connectivity index (χ4n) is 4.35. The van der Waals surface area contributed by atoms with Gasteiger partial charge in [-0.1, -0.05) is 0 Å². The van der Waals surface area contributed by atoms with E-state index in [1.165, 1.54) is 50.9 Å². The van der Waals surface area contributed by atoms with Gasteiger partial charge in [-0.25, -0.2) is 0 Å². The van der Waals surface area contributed by atoms with Gasteiger partial charge in [0.2, 0.25) is 0 Å². The van der Waals surface area contributed by atoms with Crippen LogP contribution in [0.5, 0.6) is 5.75 Å². The SMILES string of the molecule is [10BH-][10B]([10BH2])[10B]([10B]([10BH2])[10BH2])[10B]([10B]=S(CCCCCCCC)Cc1cc(=O)c(O)co1)[10B]([10BH2])[10BH2].[Na+]. The van der Waals surface area contributed by atoms with E-state index in [0.717, 1.165) is 11.5 Å². The molecule has 1 unspecified atom stereocenters. The van der Waals surface area contributed by atoms with Crippen LogP contribution in [0.15, 0.2) is 21.5 Å². The maximum Gasteiger partial charge on any atom is 1.00 e. The van der Waals surface area contributed by atoms with Crippen LogP contribution in [0.4, 0.5) is 0 Å². The Morgan fingerprint density at radius 2 is 1.71 bits per heavy atom. The van der Waals surface area contributed by atoms with Crippen LogP contribution < -0.4 is 35.0 Å². The molecule has 0 amide bonds. The van der Waals surface area contributed by atoms with Crippen molar-refractivity contribution in [1.29, 1.82) is 0 Å². The number of rotatable bonds is 14. The van der Waals surface area contributed by atoms with Crippen molar-refractivity contribution in [3.05, 3.63) is 28.3 Å². The average molecular weight is 425 g/mol. The van der Waals surface area contributed by atoms with Gasteiger partial charge in [0, 0.05) is 0 Å². The summed E-state index contributed by atoms with van der Waals surface area (Å²) in [6.07, 6.45) is 11.4. The van der Waals surface area contributed by atoms with Crippen molar-refractivity contribution < 1.29 is 39.1 Å². The molecule has 1 atom stereocenters. The van der Waals surface area contributed by atoms with Crippen LogP contribution in [0.2, 0.25) is 0 Å². The molecule has 31 heavy (non-hydrogen) atoms. The maximum absolute atomic E-state index is 11.9. The Labute approximate surface area is 223 Å². The van der Waals surface area contributed by atoms with E-state index in [-0.39, 0.29) is 51.1 Å². The summed E-state index contributed by atoms with van der Waals surface area (Å²) in [6, 6.07) is 4.02. The first-order valence-electron chi connectivity index (χ1n) is 11.8. The van der Waals surface area contributed by atoms with E-state index < -0.39 is 0 Å². The molecule has 1 heterocycles. The van der Waals surface area contributed by atoms with Crippen molar-refractivity contribution in [2.75, 3.05) is 5.75 Å². The predicted molar refractivity (Wildman–Crippen MR) is 161 cm³/mol. The molecule has 0 aromatic carbocycles. The zero-order valence-electron chi connectivity index (χ0n) is 21.2. The fourth-order valence-corrected chi connectivity index (χ4v) is 6.76. The van der Waals surface area contributed by atoms with Gasteiger partial charge in [-0.05, 0) is 0 Å². The Balaban J connectivity index is 0.00000900. The monoisotopic (exact) mass is 424 g/mol. The molecule has 0 aliphatic heterocycles. The molecule has 3 nitrogen and oxygen atoms in total. The molecule has 1 N–H and O–H groups in total. The number of aromatic hydroxyl groups is 1. The molecule has 17 heteroatoms. The summed E-state index contributed by atoms with van der Waals surface area (Å²) >= 11 is 0. The van der Waals surface area contributed by atoms with Crippen molar-refractivity contribution in [2.45, 2.75) is 51.2 Å². The van der Waals surface area contributed by atoms with Gasteiger partial charge in [0.25, 0.3) is 0 Å². The Morgan fingerprint density at radius 3 is 2.23 bits per heavy atom. The molecule has 0 bridgehead atoms. The Kier molecular flexibility index (Phi) is 17.8. The topological polar surface area (TPSA) is 50.4 Å². The quantitative estimate of drug-likeness (QED) is 0.239. The van der Waals surface area contributed by atoms with Crippen LogP contribution in [0.3, 0.4) is 0 Å². The molecule has 0 fully saturated rings. The second-order valence-corrected chi connectivity index (χ2v) is 11.5. The fraction of sp³-hybridized carbons (Fsp3) is 0.643. The van der Waals surface area contributed by atoms with Gasteiger partial charge >= 0.3 is 225 Å². The van der Waals surface area contributed by atoms with Crippen LogP contribution in [-0.4, -0.2) is 95.3 Å². The minimum Gasteiger partial charge on any atom is 1.00 e. The van der Waals surface area contributed by atoms with E-state index in [1.807, 2.05) is 0 Å². The standard InChI is InChI=1S/C14H33B12O3S.Na/c1-2-3-4-5-6-7-8-30(11-12-9-13(27)14(28)10-29-12)21-25(22(15)16)26(23(17)18)24(19)20;/h9-10,17,28H,2-8,11,15-16,18-20H2,1H3;/q-1;+1/i15-1,16-1,17-1,18-1,19-1,20-1,21-1,22-1,23-1,24-1,25-1,26-1;. The minimum atomic E-state index is -0.355. The normalized spacial score (nSPS) is 11.2. The number of unbranched alkanes of at least 4 members (excludes halogenated alkanes) is 5. The van der Waals surface area contributed by atoms with Gasteiger partial charge in [0.05, 0.1) is 0 Å². The summed E-state index contributed by atoms with van der Waals surface area (Å²) in [5, 5.41) is 9.52. The molecular weight excluding hydrogens is 391 g/mol. The summed E-state index contributed by atoms with van der Waals surface area (Å²) in [7, 11) is 15.9. The zero-order chi connectivity index (χ0) is 22.7. The van der Waals surface area contributed by atoms with E-state index in [4.69, 9.17) is 4.42 Å². The van der Waals surface area contributed by atoms with Crippen molar-refractivity contribution in [1.82, 2.24) is 0 Å². The Hall–Kier alpha value is 0.879. The average Bonchev–Trinajstić information content (AvgIpc) is 2.66. The summed E-state index contributed by atoms with van der Waals surface area (Å²) in [4.78, 5) is 11.9. The Bertz CT molecular complexity index is 712. The van der Waals surface area contributed by atoms with Gasteiger partial charge in [0.1, 0.15) is 0 Å². The second-order valence-electron chi connectivity index (χ2n) is 9.51. The third-order valence-corrected chi connectivity index (χ3v) is 8.11. The Morgan fingerprint density at radius 1 is 1.10 bits per heavy atom. The largest absolute Gasteiger partial charge is 1.00 e. The summed E-state index contributed by atoms with van der Waals surface area (Å²) in [5.74, 6) is 2.24. The number of hydrogen-bond donors (Lipinski definition) is 1. The first kappa shape index (κ1) is 31.9. The third-order valence-electron chi connectivity index (χ3n) is 5.94. The molecule has 2 radical (unpaired) electrons. The van der Waals surface area contributed by atoms with Gasteiger partial charge in [-0.15, -0.1) is 0 Å². The van der Waals surface area contributed by atoms with Crippen LogP contribution >= 0.6 is 10.3 Å². The molecule has 0 aliphatic carbocycles. The van der Waals surface area contributed by atoms with E-state index in [2.05, 4.69) is 59.4 Å². The maximum atomic E-state index is 11.9. The zero-order valence-corrected chi connectivity index (χ0v) is 24.0. The van der Waals surface area contributed by atoms with Gasteiger partial charge in [-0.3, -0.25) is 0 Å². The van der Waals surface area contributed by atoms with Gasteiger partial charge < -0.3 is 0 Å². The molecule has 150 valence electrons. The predicted octanol–water partition coefficient (Wildman–Crippen LogP) is -6.57. The number of hydrogen-bond acceptors (Lipinski definition) is 3. The van der Waals surface area contributed by atoms with Crippen LogP contribution in [0, 0.1) is 0 Å². The smallest absolute Gasteiger partial charge is 1.00 e. The van der Waals surface area contributed by atoms with E-state index >= 15 is 0 Å². The van der Waals surface area contributed by atoms with E-state index in [9.17, 15) is 9.90 Å².